The van der Waals surface area contributed by atoms with E-state index in [4.69, 9.17) is 24.1 Å². The van der Waals surface area contributed by atoms with Gasteiger partial charge in [-0.1, -0.05) is 124 Å². The molecule has 69 heavy (non-hydrogen) atoms. The van der Waals surface area contributed by atoms with Crippen LogP contribution in [-0.2, 0) is 58.3 Å². The summed E-state index contributed by atoms with van der Waals surface area (Å²) >= 11 is 0. The van der Waals surface area contributed by atoms with Crippen LogP contribution in [0.3, 0.4) is 0 Å². The van der Waals surface area contributed by atoms with Crippen molar-refractivity contribution in [3.05, 3.63) is 133 Å². The summed E-state index contributed by atoms with van der Waals surface area (Å²) in [4.78, 5) is 58.3. The molecule has 3 aromatic carbocycles. The van der Waals surface area contributed by atoms with Crippen LogP contribution < -0.4 is 14.6 Å². The number of ether oxygens (including phenoxy) is 4. The first-order valence-corrected chi connectivity index (χ1v) is 27.0. The molecule has 18 nitrogen and oxygen atoms in total. The largest absolute Gasteiger partial charge is 0.443 e. The monoisotopic (exact) mass is 1020 g/mol. The van der Waals surface area contributed by atoms with Crippen molar-refractivity contribution in [3.63, 3.8) is 0 Å². The topological polar surface area (TPSA) is 261 Å². The van der Waals surface area contributed by atoms with Gasteiger partial charge in [0.25, 0.3) is 0 Å². The number of nitrogens with two attached hydrogens (primary N) is 1. The lowest BCUT2D eigenvalue weighted by atomic mass is 10.1. The van der Waals surface area contributed by atoms with Gasteiger partial charge in [0.2, 0.25) is 11.8 Å². The highest BCUT2D eigenvalue weighted by atomic mass is 32.2. The minimum Gasteiger partial charge on any atom is -0.440 e. The van der Waals surface area contributed by atoms with Crippen molar-refractivity contribution >= 4 is 59.8 Å². The third-order valence-electron chi connectivity index (χ3n) is 9.05. The maximum absolute atomic E-state index is 12.8. The van der Waals surface area contributed by atoms with Gasteiger partial charge in [-0.05, 0) is 68.1 Å². The van der Waals surface area contributed by atoms with E-state index in [0.29, 0.717) is 19.4 Å². The Balaban J connectivity index is 0.000000519. The van der Waals surface area contributed by atoms with E-state index >= 15 is 0 Å². The molecule has 5 amide bonds. The fourth-order valence-corrected chi connectivity index (χ4v) is 11.1. The van der Waals surface area contributed by atoms with E-state index in [2.05, 4.69) is 35.7 Å². The van der Waals surface area contributed by atoms with E-state index in [1.807, 2.05) is 105 Å². The number of nitrogens with one attached hydrogen (secondary N) is 2. The minimum atomic E-state index is -3.27. The van der Waals surface area contributed by atoms with Gasteiger partial charge in [-0.2, -0.15) is 0 Å². The number of rotatable bonds is 20. The summed E-state index contributed by atoms with van der Waals surface area (Å²) in [5.74, 6) is -1.03. The zero-order valence-corrected chi connectivity index (χ0v) is 43.4. The molecule has 0 fully saturated rings. The first kappa shape index (κ1) is 61.3. The average molecular weight is 1020 g/mol. The predicted molar refractivity (Wildman–Crippen MR) is 271 cm³/mol. The van der Waals surface area contributed by atoms with E-state index < -0.39 is 78.2 Å². The Morgan fingerprint density at radius 3 is 1.16 bits per heavy atom. The maximum Gasteiger partial charge on any atom is 0.443 e. The molecule has 0 bridgehead atoms. The summed E-state index contributed by atoms with van der Waals surface area (Å²) in [6, 6.07) is 27.5. The molecule has 3 aromatic rings. The predicted octanol–water partition coefficient (Wildman–Crippen LogP) is 9.74. The lowest BCUT2D eigenvalue weighted by molar-refractivity contribution is -0.118. The number of benzene rings is 3. The molecule has 0 aliphatic carbocycles. The van der Waals surface area contributed by atoms with Crippen molar-refractivity contribution in [2.45, 2.75) is 86.5 Å². The number of hydrogen-bond acceptors (Lipinski definition) is 12. The van der Waals surface area contributed by atoms with Crippen LogP contribution in [0.25, 0.3) is 0 Å². The van der Waals surface area contributed by atoms with Crippen LogP contribution >= 0.6 is 0 Å². The van der Waals surface area contributed by atoms with Crippen LogP contribution in [0.2, 0.25) is 0 Å². The van der Waals surface area contributed by atoms with Crippen LogP contribution in [0.4, 0.5) is 14.4 Å². The van der Waals surface area contributed by atoms with Crippen LogP contribution in [0.15, 0.2) is 129 Å². The second kappa shape index (κ2) is 31.4. The average Bonchev–Trinajstić information content (AvgIpc) is 3.23. The van der Waals surface area contributed by atoms with Gasteiger partial charge in [-0.15, -0.1) is 26.2 Å². The van der Waals surface area contributed by atoms with Crippen molar-refractivity contribution < 1.29 is 55.5 Å². The normalized spacial score (nSPS) is 15.8. The van der Waals surface area contributed by atoms with Crippen molar-refractivity contribution in [1.82, 2.24) is 9.44 Å². The highest BCUT2D eigenvalue weighted by Crippen LogP contribution is 2.20. The molecule has 4 N–H and O–H groups in total. The Morgan fingerprint density at radius 1 is 0.551 bits per heavy atom. The Kier molecular flexibility index (Phi) is 27.9. The van der Waals surface area contributed by atoms with E-state index in [0.717, 1.165) is 16.7 Å². The number of carbonyl (C=O) groups excluding carboxylic acids is 5. The molecule has 9 atom stereocenters. The van der Waals surface area contributed by atoms with E-state index in [1.165, 1.54) is 21.0 Å². The molecule has 382 valence electrons. The maximum atomic E-state index is 12.8. The van der Waals surface area contributed by atoms with Gasteiger partial charge >= 0.3 is 18.3 Å². The van der Waals surface area contributed by atoms with Gasteiger partial charge in [0.05, 0.1) is 11.5 Å². The van der Waals surface area contributed by atoms with Gasteiger partial charge in [0.1, 0.15) is 48.1 Å². The first-order chi connectivity index (χ1) is 32.3. The number of allylic oxidation sites excluding steroid dienone is 2. The highest BCUT2D eigenvalue weighted by molar-refractivity contribution is 7.93. The second-order valence-electron chi connectivity index (χ2n) is 16.2. The van der Waals surface area contributed by atoms with Crippen molar-refractivity contribution in [3.8, 4) is 0 Å². The van der Waals surface area contributed by atoms with Gasteiger partial charge < -0.3 is 18.9 Å². The van der Waals surface area contributed by atoms with E-state index in [9.17, 15) is 36.6 Å². The Morgan fingerprint density at radius 2 is 0.855 bits per heavy atom. The summed E-state index contributed by atoms with van der Waals surface area (Å²) in [6.45, 7) is 20.6. The number of carbonyl (C=O) groups is 5. The fraction of sp³-hybridized carbons (Fsp3) is 0.438. The molecule has 0 aromatic heterocycles. The van der Waals surface area contributed by atoms with Gasteiger partial charge in [-0.3, -0.25) is 19.0 Å². The first-order valence-electron chi connectivity index (χ1n) is 21.9. The highest BCUT2D eigenvalue weighted by Gasteiger charge is 2.22. The van der Waals surface area contributed by atoms with Crippen molar-refractivity contribution in [2.24, 2.45) is 36.0 Å². The lowest BCUT2D eigenvalue weighted by Gasteiger charge is -2.16. The molecule has 21 heteroatoms. The van der Waals surface area contributed by atoms with Crippen molar-refractivity contribution in [1.29, 1.82) is 0 Å². The van der Waals surface area contributed by atoms with Crippen molar-refractivity contribution in [2.75, 3.05) is 31.0 Å². The van der Waals surface area contributed by atoms with E-state index in [1.54, 1.807) is 39.8 Å². The number of methoxy groups -OCH3 is 1. The molecule has 3 unspecified atom stereocenters. The Labute approximate surface area is 409 Å². The van der Waals surface area contributed by atoms with Crippen LogP contribution in [0, 0.1) is 17.8 Å². The third kappa shape index (κ3) is 27.1. The Hall–Kier alpha value is -5.74. The zero-order chi connectivity index (χ0) is 52.2. The molecule has 0 saturated heterocycles. The molecule has 0 saturated carbocycles. The fourth-order valence-electron chi connectivity index (χ4n) is 6.17. The summed E-state index contributed by atoms with van der Waals surface area (Å²) in [5.41, 5.74) is 2.43. The summed E-state index contributed by atoms with van der Waals surface area (Å²) < 4.78 is 73.4. The molecular formula is C48H70N6O12S3. The number of hydrogen-bond donors (Lipinski definition) is 3. The third-order valence-corrected chi connectivity index (χ3v) is 14.7. The summed E-state index contributed by atoms with van der Waals surface area (Å²) in [7, 11) is -8.06. The summed E-state index contributed by atoms with van der Waals surface area (Å²) in [6.07, 6.45) is 0.289. The SMILES string of the molecule is C=CC[C@H](C)CS(=O)(=NC(=O)O[C@@H](C)c1ccccc1)NC(C)=O.C=CC[C@H](C)CS(N)(=O)=NC(=O)O[C@@H](C)c1ccccc1.COC[C@H](C)CS(=O)(=NC(=O)O[C@@H](C)c1ccccc1)NC(C)=O. The molecule has 3 rings (SSSR count). The molecule has 0 aliphatic rings. The lowest BCUT2D eigenvalue weighted by Crippen LogP contribution is -2.34. The van der Waals surface area contributed by atoms with Crippen LogP contribution in [-0.4, -0.2) is 73.7 Å². The standard InChI is InChI=1S/C17H24N2O4S.C16H24N2O5S.C15H22N2O3S/c1-5-9-13(2)12-24(22,18-15(4)20)19-17(21)23-14(3)16-10-7-6-8-11-16;1-12(10-22-4)11-24(21,17-14(3)19)18-16(20)23-13(2)15-8-6-5-7-9-15;1-4-8-12(2)11-21(16,19)17-15(18)20-13(3)14-9-6-5-7-10-14/h5-8,10-11,13-14H,1,9,12H2,2-4H3,(H,18,19,20,21,22);5-9,12-13H,10-11H2,1-4H3,(H,17,18,19,20,21);4-7,9-10,12-13H,1,8,11H2,2-3H3,(H2,16,17,18,19)/t13-,14-,24?;12-,13-,24?;12-,13-,21?/m000/s1. The van der Waals surface area contributed by atoms with Gasteiger partial charge in [-0.25, -0.2) is 32.1 Å². The number of nitrogens with zero attached hydrogens (tertiary/aromatic N) is 3. The smallest absolute Gasteiger partial charge is 0.440 e. The molecule has 0 spiro atoms. The van der Waals surface area contributed by atoms with E-state index in [-0.39, 0.29) is 35.0 Å². The quantitative estimate of drug-likeness (QED) is 0.0706. The van der Waals surface area contributed by atoms with Gasteiger partial charge in [0, 0.05) is 33.3 Å². The van der Waals surface area contributed by atoms with Gasteiger partial charge in [0.15, 0.2) is 0 Å². The molecule has 0 heterocycles. The second-order valence-corrected chi connectivity index (χ2v) is 22.1. The van der Waals surface area contributed by atoms with Crippen LogP contribution in [0.5, 0.6) is 0 Å². The molecule has 0 radical (unpaired) electrons. The number of amides is 5. The Bertz CT molecular complexity index is 2500. The summed E-state index contributed by atoms with van der Waals surface area (Å²) in [5, 5.41) is 5.59. The molecular weight excluding hydrogens is 949 g/mol. The molecule has 0 aliphatic heterocycles. The minimum absolute atomic E-state index is 0.00472. The zero-order valence-electron chi connectivity index (χ0n) is 41.0. The van der Waals surface area contributed by atoms with Crippen LogP contribution in [0.1, 0.15) is 103 Å².